The maximum absolute atomic E-state index is 12.3. The van der Waals surface area contributed by atoms with Crippen LogP contribution < -0.4 is 0 Å². The van der Waals surface area contributed by atoms with Crippen LogP contribution in [0.1, 0.15) is 97.5 Å². The molecule has 3 rings (SSSR count). The fourth-order valence-electron chi connectivity index (χ4n) is 4.62. The number of ether oxygens (including phenoxy) is 1. The topological polar surface area (TPSA) is 156 Å². The number of rotatable bonds is 17. The average Bonchev–Trinajstić information content (AvgIpc) is 3.40. The van der Waals surface area contributed by atoms with E-state index < -0.39 is 22.1 Å². The number of aromatic carboxylic acids is 1. The molecule has 1 aromatic heterocycles. The van der Waals surface area contributed by atoms with Crippen molar-refractivity contribution < 1.29 is 37.5 Å². The SMILES string of the molecule is CCCCCCCCCCCCc1cn(CCO)c(-c2ccc(C(=O)O)cc2C(=O)OC)n1.O=S(=O)(O)c1ccccc1. The van der Waals surface area contributed by atoms with Crippen molar-refractivity contribution in [3.8, 4) is 11.4 Å². The third kappa shape index (κ3) is 12.3. The van der Waals surface area contributed by atoms with Gasteiger partial charge in [-0.2, -0.15) is 8.42 Å². The fourth-order valence-corrected chi connectivity index (χ4v) is 5.12. The van der Waals surface area contributed by atoms with Gasteiger partial charge >= 0.3 is 11.9 Å². The highest BCUT2D eigenvalue weighted by Crippen LogP contribution is 2.26. The number of unbranched alkanes of at least 4 members (excludes halogenated alkanes) is 9. The second-order valence-electron chi connectivity index (χ2n) is 10.3. The number of hydrogen-bond acceptors (Lipinski definition) is 7. The van der Waals surface area contributed by atoms with Gasteiger partial charge in [0.15, 0.2) is 0 Å². The van der Waals surface area contributed by atoms with Gasteiger partial charge in [-0.05, 0) is 43.2 Å². The van der Waals surface area contributed by atoms with Crippen LogP contribution in [-0.4, -0.2) is 58.4 Å². The minimum absolute atomic E-state index is 0.00463. The van der Waals surface area contributed by atoms with Gasteiger partial charge in [0.2, 0.25) is 0 Å². The number of esters is 1. The van der Waals surface area contributed by atoms with Crippen LogP contribution in [0.4, 0.5) is 0 Å². The van der Waals surface area contributed by atoms with E-state index in [1.54, 1.807) is 24.3 Å². The monoisotopic (exact) mass is 616 g/mol. The van der Waals surface area contributed by atoms with Crippen LogP contribution in [-0.2, 0) is 27.8 Å². The zero-order chi connectivity index (χ0) is 31.7. The molecule has 0 unspecified atom stereocenters. The number of carboxylic acids is 1. The minimum atomic E-state index is -4.00. The molecular formula is C32H44N2O8S. The second kappa shape index (κ2) is 18.9. The van der Waals surface area contributed by atoms with Gasteiger partial charge < -0.3 is 19.5 Å². The summed E-state index contributed by atoms with van der Waals surface area (Å²) < 4.78 is 35.9. The number of carbonyl (C=O) groups is 2. The molecule has 10 nitrogen and oxygen atoms in total. The molecule has 0 amide bonds. The van der Waals surface area contributed by atoms with Crippen molar-refractivity contribution in [1.82, 2.24) is 9.55 Å². The summed E-state index contributed by atoms with van der Waals surface area (Å²) in [5, 5.41) is 18.8. The van der Waals surface area contributed by atoms with Crippen LogP contribution in [0.5, 0.6) is 0 Å². The molecule has 0 radical (unpaired) electrons. The van der Waals surface area contributed by atoms with E-state index >= 15 is 0 Å². The number of methoxy groups -OCH3 is 1. The molecule has 0 aliphatic carbocycles. The molecule has 0 fully saturated rings. The zero-order valence-corrected chi connectivity index (χ0v) is 25.9. The van der Waals surface area contributed by atoms with E-state index in [4.69, 9.17) is 14.3 Å². The second-order valence-corrected chi connectivity index (χ2v) is 11.7. The van der Waals surface area contributed by atoms with Crippen molar-refractivity contribution in [1.29, 1.82) is 0 Å². The summed E-state index contributed by atoms with van der Waals surface area (Å²) in [6.07, 6.45) is 15.4. The molecule has 0 saturated carbocycles. The van der Waals surface area contributed by atoms with E-state index in [1.165, 1.54) is 82.7 Å². The molecule has 43 heavy (non-hydrogen) atoms. The highest BCUT2D eigenvalue weighted by Gasteiger charge is 2.20. The van der Waals surface area contributed by atoms with Gasteiger partial charge in [0.1, 0.15) is 5.82 Å². The summed E-state index contributed by atoms with van der Waals surface area (Å²) >= 11 is 0. The predicted molar refractivity (Wildman–Crippen MR) is 165 cm³/mol. The number of hydrogen-bond donors (Lipinski definition) is 3. The number of aromatic nitrogens is 2. The Morgan fingerprint density at radius 2 is 1.51 bits per heavy atom. The van der Waals surface area contributed by atoms with Crippen molar-refractivity contribution >= 4 is 22.1 Å². The lowest BCUT2D eigenvalue weighted by Crippen LogP contribution is -2.10. The van der Waals surface area contributed by atoms with Gasteiger partial charge in [-0.3, -0.25) is 4.55 Å². The highest BCUT2D eigenvalue weighted by molar-refractivity contribution is 7.85. The summed E-state index contributed by atoms with van der Waals surface area (Å²) in [6.45, 7) is 2.51. The van der Waals surface area contributed by atoms with Gasteiger partial charge in [0.05, 0.1) is 35.4 Å². The number of carboxylic acid groups (broad SMARTS) is 1. The third-order valence-corrected chi connectivity index (χ3v) is 7.78. The highest BCUT2D eigenvalue weighted by atomic mass is 32.2. The van der Waals surface area contributed by atoms with Crippen molar-refractivity contribution in [2.75, 3.05) is 13.7 Å². The molecule has 0 saturated heterocycles. The largest absolute Gasteiger partial charge is 0.478 e. The quantitative estimate of drug-likeness (QED) is 0.0884. The van der Waals surface area contributed by atoms with Crippen LogP contribution in [0.2, 0.25) is 0 Å². The maximum Gasteiger partial charge on any atom is 0.338 e. The van der Waals surface area contributed by atoms with Crippen LogP contribution in [0, 0.1) is 0 Å². The molecule has 2 aromatic carbocycles. The van der Waals surface area contributed by atoms with Crippen LogP contribution in [0.3, 0.4) is 0 Å². The fraction of sp³-hybridized carbons (Fsp3) is 0.469. The van der Waals surface area contributed by atoms with Crippen molar-refractivity contribution in [2.24, 2.45) is 0 Å². The first-order valence-corrected chi connectivity index (χ1v) is 16.2. The lowest BCUT2D eigenvalue weighted by atomic mass is 10.0. The normalized spacial score (nSPS) is 11.1. The Hall–Kier alpha value is -3.54. The van der Waals surface area contributed by atoms with Crippen LogP contribution in [0.25, 0.3) is 11.4 Å². The summed E-state index contributed by atoms with van der Waals surface area (Å²) in [5.74, 6) is -1.21. The van der Waals surface area contributed by atoms with Crippen LogP contribution in [0.15, 0.2) is 59.6 Å². The number of aryl methyl sites for hydroxylation is 1. The average molecular weight is 617 g/mol. The lowest BCUT2D eigenvalue weighted by molar-refractivity contribution is 0.0601. The Morgan fingerprint density at radius 1 is 0.907 bits per heavy atom. The van der Waals surface area contributed by atoms with Crippen molar-refractivity contribution in [3.05, 3.63) is 71.5 Å². The van der Waals surface area contributed by atoms with Gasteiger partial charge in [-0.1, -0.05) is 82.9 Å². The van der Waals surface area contributed by atoms with E-state index in [0.29, 0.717) is 17.9 Å². The van der Waals surface area contributed by atoms with E-state index in [2.05, 4.69) is 6.92 Å². The first kappa shape index (κ1) is 35.7. The molecule has 11 heteroatoms. The Labute approximate surface area is 254 Å². The Kier molecular flexibility index (Phi) is 15.7. The first-order valence-electron chi connectivity index (χ1n) is 14.8. The Bertz CT molecular complexity index is 1390. The number of carbonyl (C=O) groups excluding carboxylic acids is 1. The van der Waals surface area contributed by atoms with Gasteiger partial charge in [-0.25, -0.2) is 14.6 Å². The van der Waals surface area contributed by atoms with E-state index in [0.717, 1.165) is 25.0 Å². The number of nitrogens with zero attached hydrogens (tertiary/aromatic N) is 2. The predicted octanol–water partition coefficient (Wildman–Crippen LogP) is 6.42. The molecule has 0 aliphatic rings. The van der Waals surface area contributed by atoms with Gasteiger partial charge in [0, 0.05) is 18.3 Å². The summed E-state index contributed by atoms with van der Waals surface area (Å²) in [4.78, 5) is 28.3. The van der Waals surface area contributed by atoms with Crippen LogP contribution >= 0.6 is 0 Å². The third-order valence-electron chi connectivity index (χ3n) is 6.91. The standard InChI is InChI=1S/C26H38N2O5.C6H6O3S/c1-3-4-5-6-7-8-9-10-11-12-13-21-19-28(16-17-29)24(27-21)22-15-14-20(25(30)31)18-23(22)26(32)33-2;7-10(8,9)6-4-2-1-3-5-6/h14-15,18-19,29H,3-13,16-17H2,1-2H3,(H,30,31);1-5H,(H,7,8,9). The Morgan fingerprint density at radius 3 is 2.02 bits per heavy atom. The van der Waals surface area contributed by atoms with E-state index in [9.17, 15) is 28.2 Å². The summed E-state index contributed by atoms with van der Waals surface area (Å²) in [5.41, 5.74) is 1.54. The zero-order valence-electron chi connectivity index (χ0n) is 25.1. The molecule has 0 spiro atoms. The summed E-state index contributed by atoms with van der Waals surface area (Å²) in [7, 11) is -2.74. The lowest BCUT2D eigenvalue weighted by Gasteiger charge is -2.10. The van der Waals surface area contributed by atoms with Crippen molar-refractivity contribution in [2.45, 2.75) is 89.0 Å². The smallest absolute Gasteiger partial charge is 0.338 e. The van der Waals surface area contributed by atoms with Gasteiger partial charge in [-0.15, -0.1) is 0 Å². The van der Waals surface area contributed by atoms with E-state index in [1.807, 2.05) is 10.8 Å². The molecule has 236 valence electrons. The maximum atomic E-state index is 12.3. The number of aliphatic hydroxyl groups excluding tert-OH is 1. The minimum Gasteiger partial charge on any atom is -0.478 e. The van der Waals surface area contributed by atoms with Gasteiger partial charge in [0.25, 0.3) is 10.1 Å². The Balaban J connectivity index is 0.000000543. The molecule has 1 heterocycles. The molecule has 3 N–H and O–H groups in total. The molecular weight excluding hydrogens is 572 g/mol. The number of benzene rings is 2. The molecule has 0 atom stereocenters. The molecule has 0 bridgehead atoms. The molecule has 0 aliphatic heterocycles. The first-order chi connectivity index (χ1) is 20.6. The van der Waals surface area contributed by atoms with Crippen molar-refractivity contribution in [3.63, 3.8) is 0 Å². The number of aliphatic hydroxyl groups is 1. The summed E-state index contributed by atoms with van der Waals surface area (Å²) in [6, 6.07) is 11.8. The number of imidazole rings is 1. The molecule has 3 aromatic rings. The van der Waals surface area contributed by atoms with E-state index in [-0.39, 0.29) is 22.6 Å².